The van der Waals surface area contributed by atoms with Crippen LogP contribution in [-0.2, 0) is 6.18 Å². The van der Waals surface area contributed by atoms with Crippen molar-refractivity contribution in [3.8, 4) is 28.3 Å². The summed E-state index contributed by atoms with van der Waals surface area (Å²) in [5, 5.41) is 20.4. The number of nitriles is 1. The zero-order valence-electron chi connectivity index (χ0n) is 20.5. The molecule has 1 N–H and O–H groups in total. The van der Waals surface area contributed by atoms with Gasteiger partial charge in [0, 0.05) is 40.3 Å². The molecule has 1 aromatic carbocycles. The zero-order chi connectivity index (χ0) is 27.9. The summed E-state index contributed by atoms with van der Waals surface area (Å²) in [6, 6.07) is 13.4. The van der Waals surface area contributed by atoms with E-state index in [4.69, 9.17) is 16.9 Å². The molecule has 8 nitrogen and oxygen atoms in total. The molecule has 12 heteroatoms. The van der Waals surface area contributed by atoms with Crippen LogP contribution in [-0.4, -0.2) is 29.8 Å². The average molecular weight is 540 g/mol. The summed E-state index contributed by atoms with van der Waals surface area (Å²) in [4.78, 5) is 19.2. The van der Waals surface area contributed by atoms with Crippen LogP contribution in [0.2, 0.25) is 5.02 Å². The minimum Gasteiger partial charge on any atom is -0.263 e. The van der Waals surface area contributed by atoms with Gasteiger partial charge in [-0.1, -0.05) is 43.6 Å². The molecule has 0 aliphatic rings. The van der Waals surface area contributed by atoms with Crippen LogP contribution in [0.1, 0.15) is 30.7 Å². The topological polar surface area (TPSA) is 113 Å². The van der Waals surface area contributed by atoms with E-state index in [9.17, 15) is 18.0 Å². The van der Waals surface area contributed by atoms with Gasteiger partial charge in [-0.05, 0) is 42.3 Å². The van der Waals surface area contributed by atoms with Crippen LogP contribution in [0.15, 0.2) is 72.0 Å². The molecule has 0 aliphatic heterocycles. The third kappa shape index (κ3) is 6.41. The van der Waals surface area contributed by atoms with Gasteiger partial charge in [-0.25, -0.2) is 9.89 Å². The number of fused-ring (bicyclic) bond motifs is 1. The van der Waals surface area contributed by atoms with Crippen LogP contribution < -0.4 is 5.69 Å². The van der Waals surface area contributed by atoms with Crippen molar-refractivity contribution >= 4 is 17.2 Å². The van der Waals surface area contributed by atoms with Crippen LogP contribution in [0, 0.1) is 18.3 Å². The molecule has 0 saturated carbocycles. The predicted molar refractivity (Wildman–Crippen MR) is 137 cm³/mol. The van der Waals surface area contributed by atoms with E-state index in [1.165, 1.54) is 23.0 Å². The normalized spacial score (nSPS) is 10.6. The maximum atomic E-state index is 11.9. The third-order valence-electron chi connectivity index (χ3n) is 4.96. The number of hydrogen-bond acceptors (Lipinski definition) is 6. The van der Waals surface area contributed by atoms with Crippen molar-refractivity contribution in [3.05, 3.63) is 99.6 Å². The average Bonchev–Trinajstić information content (AvgIpc) is 3.30. The summed E-state index contributed by atoms with van der Waals surface area (Å²) in [6.45, 7) is 5.69. The number of nitrogens with one attached hydrogen (secondary N) is 1. The van der Waals surface area contributed by atoms with E-state index in [0.29, 0.717) is 27.4 Å². The van der Waals surface area contributed by atoms with Crippen molar-refractivity contribution in [1.29, 1.82) is 5.26 Å². The molecule has 5 aromatic rings. The summed E-state index contributed by atoms with van der Waals surface area (Å²) >= 11 is 5.97. The first-order valence-corrected chi connectivity index (χ1v) is 11.6. The number of hydrogen-bond donors (Lipinski definition) is 1. The number of alkyl halides is 3. The van der Waals surface area contributed by atoms with Gasteiger partial charge in [-0.3, -0.25) is 9.97 Å². The number of aryl methyl sites for hydroxylation is 1. The Labute approximate surface area is 220 Å². The van der Waals surface area contributed by atoms with Crippen molar-refractivity contribution in [1.82, 2.24) is 29.8 Å². The van der Waals surface area contributed by atoms with Gasteiger partial charge in [0.05, 0.1) is 11.8 Å². The first kappa shape index (κ1) is 28.0. The quantitative estimate of drug-likeness (QED) is 0.290. The number of H-pyrrole nitrogens is 1. The van der Waals surface area contributed by atoms with E-state index < -0.39 is 17.6 Å². The van der Waals surface area contributed by atoms with Gasteiger partial charge in [-0.2, -0.15) is 33.1 Å². The number of rotatable bonds is 2. The van der Waals surface area contributed by atoms with Crippen molar-refractivity contribution in [2.24, 2.45) is 0 Å². The molecular formula is C26H21ClF3N7O. The van der Waals surface area contributed by atoms with Gasteiger partial charge in [0.25, 0.3) is 0 Å². The summed E-state index contributed by atoms with van der Waals surface area (Å²) in [5.41, 5.74) is 3.12. The molecule has 0 fully saturated rings. The largest absolute Gasteiger partial charge is 0.433 e. The second-order valence-electron chi connectivity index (χ2n) is 7.50. The van der Waals surface area contributed by atoms with E-state index >= 15 is 0 Å². The fourth-order valence-electron chi connectivity index (χ4n) is 3.27. The minimum atomic E-state index is -4.33. The van der Waals surface area contributed by atoms with Crippen LogP contribution in [0.25, 0.3) is 27.9 Å². The van der Waals surface area contributed by atoms with E-state index in [0.717, 1.165) is 22.8 Å². The molecule has 0 spiro atoms. The Hall–Kier alpha value is -4.56. The minimum absolute atomic E-state index is 0.356. The van der Waals surface area contributed by atoms with E-state index in [2.05, 4.69) is 31.3 Å². The third-order valence-corrected chi connectivity index (χ3v) is 5.21. The molecule has 4 aromatic heterocycles. The highest BCUT2D eigenvalue weighted by atomic mass is 35.5. The summed E-state index contributed by atoms with van der Waals surface area (Å²) < 4.78 is 36.7. The Balaban J connectivity index is 0.000000259. The van der Waals surface area contributed by atoms with E-state index in [1.54, 1.807) is 37.5 Å². The van der Waals surface area contributed by atoms with Crippen LogP contribution >= 0.6 is 11.6 Å². The molecule has 0 saturated heterocycles. The molecular weight excluding hydrogens is 519 g/mol. The lowest BCUT2D eigenvalue weighted by Gasteiger charge is -2.10. The summed E-state index contributed by atoms with van der Waals surface area (Å²) in [6.07, 6.45) is 1.55. The number of nitrogens with zero attached hydrogens (tertiary/aromatic N) is 6. The van der Waals surface area contributed by atoms with Crippen molar-refractivity contribution in [3.63, 3.8) is 0 Å². The molecule has 0 atom stereocenters. The number of pyridine rings is 2. The van der Waals surface area contributed by atoms with Gasteiger partial charge >= 0.3 is 11.9 Å². The Morgan fingerprint density at radius 1 is 1.00 bits per heavy atom. The Morgan fingerprint density at radius 2 is 1.71 bits per heavy atom. The van der Waals surface area contributed by atoms with Crippen molar-refractivity contribution < 1.29 is 13.2 Å². The second kappa shape index (κ2) is 12.1. The Bertz CT molecular complexity index is 1620. The molecule has 0 bridgehead atoms. The SMILES string of the molecule is CC.Cc1ccc(C(F)(F)F)nc1.N#Cc1cncc(-c2c(-c3ccc(Cl)cc3)cnn3c(=O)[nH]nc23)c1. The maximum Gasteiger partial charge on any atom is 0.433 e. The first-order valence-electron chi connectivity index (χ1n) is 11.2. The Kier molecular flexibility index (Phi) is 8.94. The molecule has 194 valence electrons. The van der Waals surface area contributed by atoms with Crippen LogP contribution in [0.4, 0.5) is 13.2 Å². The highest BCUT2D eigenvalue weighted by Gasteiger charge is 2.31. The van der Waals surface area contributed by atoms with Gasteiger partial charge in [0.1, 0.15) is 11.8 Å². The van der Waals surface area contributed by atoms with Crippen LogP contribution in [0.3, 0.4) is 0 Å². The van der Waals surface area contributed by atoms with E-state index in [1.807, 2.05) is 26.0 Å². The van der Waals surface area contributed by atoms with Gasteiger partial charge < -0.3 is 0 Å². The van der Waals surface area contributed by atoms with E-state index in [-0.39, 0.29) is 0 Å². The number of aromatic nitrogens is 6. The number of halogens is 4. The molecule has 5 rings (SSSR count). The van der Waals surface area contributed by atoms with Crippen molar-refractivity contribution in [2.75, 3.05) is 0 Å². The molecule has 0 radical (unpaired) electrons. The number of aromatic amines is 1. The molecule has 0 amide bonds. The fraction of sp³-hybridized carbons (Fsp3) is 0.154. The summed E-state index contributed by atoms with van der Waals surface area (Å²) in [7, 11) is 0. The summed E-state index contributed by atoms with van der Waals surface area (Å²) in [5.74, 6) is 0. The highest BCUT2D eigenvalue weighted by Crippen LogP contribution is 2.34. The first-order chi connectivity index (χ1) is 18.2. The fourth-order valence-corrected chi connectivity index (χ4v) is 3.39. The smallest absolute Gasteiger partial charge is 0.263 e. The molecule has 0 aliphatic carbocycles. The molecule has 0 unspecified atom stereocenters. The lowest BCUT2D eigenvalue weighted by molar-refractivity contribution is -0.141. The standard InChI is InChI=1S/C17H9ClN6O.C7H6F3N.C2H6/c18-13-3-1-11(2-4-13)14-9-21-24-16(22-23-17(24)25)15(14)12-5-10(6-19)7-20-8-12;1-5-2-3-6(11-4-5)7(8,9)10;1-2/h1-5,7-9H,(H,23,25);2-4H,1H3;1-2H3. The van der Waals surface area contributed by atoms with Crippen molar-refractivity contribution in [2.45, 2.75) is 26.9 Å². The molecule has 38 heavy (non-hydrogen) atoms. The predicted octanol–water partition coefficient (Wildman–Crippen LogP) is 6.11. The monoisotopic (exact) mass is 539 g/mol. The highest BCUT2D eigenvalue weighted by molar-refractivity contribution is 6.30. The van der Waals surface area contributed by atoms with Gasteiger partial charge in [0.15, 0.2) is 5.65 Å². The second-order valence-corrected chi connectivity index (χ2v) is 7.93. The lowest BCUT2D eigenvalue weighted by atomic mass is 9.97. The van der Waals surface area contributed by atoms with Gasteiger partial charge in [-0.15, -0.1) is 0 Å². The number of benzene rings is 1. The lowest BCUT2D eigenvalue weighted by Crippen LogP contribution is -2.12. The zero-order valence-corrected chi connectivity index (χ0v) is 21.2. The Morgan fingerprint density at radius 3 is 2.32 bits per heavy atom. The maximum absolute atomic E-state index is 11.9. The van der Waals surface area contributed by atoms with Gasteiger partial charge in [0.2, 0.25) is 0 Å². The van der Waals surface area contributed by atoms with Crippen LogP contribution in [0.5, 0.6) is 0 Å². The molecule has 4 heterocycles.